The number of aryl methyl sites for hydroxylation is 1. The Balaban J connectivity index is 3.38. The van der Waals surface area contributed by atoms with Crippen LogP contribution in [0, 0.1) is 12.7 Å². The van der Waals surface area contributed by atoms with Gasteiger partial charge in [0.2, 0.25) is 0 Å². The lowest BCUT2D eigenvalue weighted by molar-refractivity contribution is 0.0695. The second kappa shape index (κ2) is 3.23. The lowest BCUT2D eigenvalue weighted by Gasteiger charge is -2.02. The molecule has 0 amide bonds. The highest BCUT2D eigenvalue weighted by Gasteiger charge is 2.12. The molecule has 1 aromatic carbocycles. The predicted molar refractivity (Wildman–Crippen MR) is 45.8 cm³/mol. The summed E-state index contributed by atoms with van der Waals surface area (Å²) in [5.41, 5.74) is 0.519. The van der Waals surface area contributed by atoms with Crippen molar-refractivity contribution in [2.24, 2.45) is 0 Å². The quantitative estimate of drug-likeness (QED) is 0.809. The fourth-order valence-electron chi connectivity index (χ4n) is 0.973. The molecular weight excluding hydrogens is 227 g/mol. The molecule has 0 saturated heterocycles. The average molecular weight is 233 g/mol. The van der Waals surface area contributed by atoms with Crippen LogP contribution in [0.4, 0.5) is 4.39 Å². The van der Waals surface area contributed by atoms with Crippen molar-refractivity contribution in [3.05, 3.63) is 33.5 Å². The SMILES string of the molecule is Cc1cc(F)cc(Br)c1C(=O)O. The molecular formula is C8H6BrFO2. The van der Waals surface area contributed by atoms with E-state index in [-0.39, 0.29) is 10.0 Å². The second-order valence-electron chi connectivity index (χ2n) is 2.38. The molecule has 64 valence electrons. The monoisotopic (exact) mass is 232 g/mol. The third-order valence-corrected chi connectivity index (χ3v) is 2.09. The number of benzene rings is 1. The fourth-order valence-corrected chi connectivity index (χ4v) is 1.67. The molecule has 0 unspecified atom stereocenters. The highest BCUT2D eigenvalue weighted by Crippen LogP contribution is 2.21. The van der Waals surface area contributed by atoms with Gasteiger partial charge in [-0.15, -0.1) is 0 Å². The van der Waals surface area contributed by atoms with Crippen LogP contribution in [0.15, 0.2) is 16.6 Å². The van der Waals surface area contributed by atoms with E-state index in [9.17, 15) is 9.18 Å². The lowest BCUT2D eigenvalue weighted by Crippen LogP contribution is -2.01. The van der Waals surface area contributed by atoms with Crippen molar-refractivity contribution < 1.29 is 14.3 Å². The Morgan fingerprint density at radius 3 is 2.58 bits per heavy atom. The van der Waals surface area contributed by atoms with Crippen LogP contribution in [-0.2, 0) is 0 Å². The summed E-state index contributed by atoms with van der Waals surface area (Å²) in [6.07, 6.45) is 0. The van der Waals surface area contributed by atoms with E-state index in [0.717, 1.165) is 6.07 Å². The number of rotatable bonds is 1. The van der Waals surface area contributed by atoms with Gasteiger partial charge in [0.15, 0.2) is 0 Å². The van der Waals surface area contributed by atoms with E-state index < -0.39 is 11.8 Å². The van der Waals surface area contributed by atoms with E-state index >= 15 is 0 Å². The van der Waals surface area contributed by atoms with Crippen LogP contribution in [0.3, 0.4) is 0 Å². The molecule has 0 aliphatic heterocycles. The van der Waals surface area contributed by atoms with E-state index in [4.69, 9.17) is 5.11 Å². The highest BCUT2D eigenvalue weighted by atomic mass is 79.9. The Labute approximate surface area is 77.2 Å². The molecule has 0 fully saturated rings. The molecule has 1 N–H and O–H groups in total. The highest BCUT2D eigenvalue weighted by molar-refractivity contribution is 9.10. The first-order chi connectivity index (χ1) is 5.52. The summed E-state index contributed by atoms with van der Waals surface area (Å²) < 4.78 is 12.9. The van der Waals surface area contributed by atoms with Gasteiger partial charge in [-0.2, -0.15) is 0 Å². The van der Waals surface area contributed by atoms with Gasteiger partial charge in [-0.1, -0.05) is 0 Å². The van der Waals surface area contributed by atoms with Gasteiger partial charge < -0.3 is 5.11 Å². The summed E-state index contributed by atoms with van der Waals surface area (Å²) in [4.78, 5) is 10.6. The molecule has 0 aliphatic rings. The molecule has 0 aliphatic carbocycles. The van der Waals surface area contributed by atoms with E-state index in [1.165, 1.54) is 6.07 Å². The molecule has 2 nitrogen and oxygen atoms in total. The average Bonchev–Trinajstić information content (AvgIpc) is 1.82. The zero-order valence-electron chi connectivity index (χ0n) is 6.27. The number of hydrogen-bond acceptors (Lipinski definition) is 1. The van der Waals surface area contributed by atoms with Gasteiger partial charge in [0.05, 0.1) is 5.56 Å². The number of aromatic carboxylic acids is 1. The third kappa shape index (κ3) is 1.64. The molecule has 0 saturated carbocycles. The molecule has 12 heavy (non-hydrogen) atoms. The van der Waals surface area contributed by atoms with Crippen LogP contribution in [0.2, 0.25) is 0 Å². The normalized spacial score (nSPS) is 9.92. The molecule has 0 atom stereocenters. The second-order valence-corrected chi connectivity index (χ2v) is 3.24. The first-order valence-corrected chi connectivity index (χ1v) is 4.00. The van der Waals surface area contributed by atoms with E-state index in [0.29, 0.717) is 5.56 Å². The van der Waals surface area contributed by atoms with E-state index in [1.54, 1.807) is 6.92 Å². The van der Waals surface area contributed by atoms with E-state index in [2.05, 4.69) is 15.9 Å². The minimum atomic E-state index is -1.06. The Bertz CT molecular complexity index is 313. The van der Waals surface area contributed by atoms with Gasteiger partial charge in [0.25, 0.3) is 0 Å². The molecule has 1 rings (SSSR count). The van der Waals surface area contributed by atoms with Gasteiger partial charge in [0, 0.05) is 4.47 Å². The maximum atomic E-state index is 12.6. The molecule has 0 spiro atoms. The van der Waals surface area contributed by atoms with Crippen LogP contribution in [0.25, 0.3) is 0 Å². The molecule has 0 bridgehead atoms. The summed E-state index contributed by atoms with van der Waals surface area (Å²) in [5, 5.41) is 8.68. The van der Waals surface area contributed by atoms with E-state index in [1.807, 2.05) is 0 Å². The smallest absolute Gasteiger partial charge is 0.337 e. The first kappa shape index (κ1) is 9.19. The molecule has 4 heteroatoms. The summed E-state index contributed by atoms with van der Waals surface area (Å²) in [7, 11) is 0. The molecule has 0 aromatic heterocycles. The Kier molecular flexibility index (Phi) is 2.47. The van der Waals surface area contributed by atoms with Gasteiger partial charge in [-0.3, -0.25) is 0 Å². The minimum absolute atomic E-state index is 0.108. The summed E-state index contributed by atoms with van der Waals surface area (Å²) in [5.74, 6) is -1.50. The third-order valence-electron chi connectivity index (χ3n) is 1.47. The van der Waals surface area contributed by atoms with Crippen molar-refractivity contribution in [2.75, 3.05) is 0 Å². The zero-order valence-corrected chi connectivity index (χ0v) is 7.85. The summed E-state index contributed by atoms with van der Waals surface area (Å²) >= 11 is 2.98. The maximum absolute atomic E-state index is 12.6. The van der Waals surface area contributed by atoms with Crippen LogP contribution >= 0.6 is 15.9 Å². The van der Waals surface area contributed by atoms with Crippen LogP contribution < -0.4 is 0 Å². The standard InChI is InChI=1S/C8H6BrFO2/c1-4-2-5(10)3-6(9)7(4)8(11)12/h2-3H,1H3,(H,11,12). The predicted octanol–water partition coefficient (Wildman–Crippen LogP) is 2.59. The van der Waals surface area contributed by atoms with Gasteiger partial charge in [0.1, 0.15) is 5.82 Å². The number of carbonyl (C=O) groups is 1. The van der Waals surface area contributed by atoms with Gasteiger partial charge >= 0.3 is 5.97 Å². The van der Waals surface area contributed by atoms with Crippen molar-refractivity contribution in [1.82, 2.24) is 0 Å². The number of carboxylic acid groups (broad SMARTS) is 1. The molecule has 0 heterocycles. The Morgan fingerprint density at radius 2 is 2.17 bits per heavy atom. The number of halogens is 2. The number of hydrogen-bond donors (Lipinski definition) is 1. The topological polar surface area (TPSA) is 37.3 Å². The van der Waals surface area contributed by atoms with Crippen LogP contribution in [-0.4, -0.2) is 11.1 Å². The Morgan fingerprint density at radius 1 is 1.58 bits per heavy atom. The van der Waals surface area contributed by atoms with Crippen molar-refractivity contribution in [3.8, 4) is 0 Å². The van der Waals surface area contributed by atoms with Crippen molar-refractivity contribution in [2.45, 2.75) is 6.92 Å². The number of carboxylic acids is 1. The van der Waals surface area contributed by atoms with Crippen LogP contribution in [0.5, 0.6) is 0 Å². The van der Waals surface area contributed by atoms with Crippen molar-refractivity contribution in [1.29, 1.82) is 0 Å². The minimum Gasteiger partial charge on any atom is -0.478 e. The summed E-state index contributed by atoms with van der Waals surface area (Å²) in [6, 6.07) is 2.32. The van der Waals surface area contributed by atoms with Crippen LogP contribution in [0.1, 0.15) is 15.9 Å². The fraction of sp³-hybridized carbons (Fsp3) is 0.125. The van der Waals surface area contributed by atoms with Crippen molar-refractivity contribution >= 4 is 21.9 Å². The largest absolute Gasteiger partial charge is 0.478 e. The first-order valence-electron chi connectivity index (χ1n) is 3.21. The van der Waals surface area contributed by atoms with Gasteiger partial charge in [-0.05, 0) is 40.5 Å². The zero-order chi connectivity index (χ0) is 9.30. The lowest BCUT2D eigenvalue weighted by atomic mass is 10.1. The summed E-state index contributed by atoms with van der Waals surface area (Å²) in [6.45, 7) is 1.55. The maximum Gasteiger partial charge on any atom is 0.337 e. The molecule has 0 radical (unpaired) electrons. The molecule has 1 aromatic rings. The van der Waals surface area contributed by atoms with Crippen molar-refractivity contribution in [3.63, 3.8) is 0 Å². The Hall–Kier alpha value is -0.900. The van der Waals surface area contributed by atoms with Gasteiger partial charge in [-0.25, -0.2) is 9.18 Å².